The maximum atomic E-state index is 15.0. The Labute approximate surface area is 217 Å². The van der Waals surface area contributed by atoms with Crippen molar-refractivity contribution in [2.45, 2.75) is 12.3 Å². The summed E-state index contributed by atoms with van der Waals surface area (Å²) in [5.41, 5.74) is -1.60. The molecule has 0 radical (unpaired) electrons. The molecule has 1 fully saturated rings. The number of anilines is 1. The lowest BCUT2D eigenvalue weighted by Crippen LogP contribution is -2.39. The van der Waals surface area contributed by atoms with Crippen LogP contribution in [-0.2, 0) is 18.0 Å². The largest absolute Gasteiger partial charge is 0.481 e. The Bertz CT molecular complexity index is 1600. The predicted octanol–water partition coefficient (Wildman–Crippen LogP) is 4.18. The third-order valence-corrected chi connectivity index (χ3v) is 6.28. The van der Waals surface area contributed by atoms with Crippen LogP contribution >= 0.6 is 11.6 Å². The minimum absolute atomic E-state index is 0.00910. The molecule has 0 unspecified atom stereocenters. The molecule has 0 bridgehead atoms. The highest BCUT2D eigenvalue weighted by molar-refractivity contribution is 6.30. The highest BCUT2D eigenvalue weighted by Crippen LogP contribution is 2.34. The molecule has 14 heteroatoms. The van der Waals surface area contributed by atoms with Crippen LogP contribution in [0, 0.1) is 5.82 Å². The van der Waals surface area contributed by atoms with Gasteiger partial charge in [0.15, 0.2) is 5.52 Å². The van der Waals surface area contributed by atoms with Gasteiger partial charge in [0.1, 0.15) is 23.1 Å². The number of fused-ring (bicyclic) bond motifs is 1. The molecule has 4 aromatic rings. The Balaban J connectivity index is 1.68. The Kier molecular flexibility index (Phi) is 6.65. The fourth-order valence-corrected chi connectivity index (χ4v) is 4.33. The van der Waals surface area contributed by atoms with Gasteiger partial charge in [-0.25, -0.2) is 24.3 Å². The lowest BCUT2D eigenvalue weighted by molar-refractivity contribution is -0.147. The van der Waals surface area contributed by atoms with E-state index in [1.807, 2.05) is 0 Å². The van der Waals surface area contributed by atoms with Crippen LogP contribution in [0.15, 0.2) is 41.3 Å². The average Bonchev–Trinajstić information content (AvgIpc) is 2.90. The summed E-state index contributed by atoms with van der Waals surface area (Å²) in [6, 6.07) is 7.09. The molecule has 0 N–H and O–H groups in total. The number of pyridine rings is 1. The van der Waals surface area contributed by atoms with Crippen LogP contribution in [0.1, 0.15) is 17.5 Å². The van der Waals surface area contributed by atoms with Crippen LogP contribution in [-0.4, -0.2) is 51.3 Å². The maximum Gasteiger partial charge on any atom is 0.449 e. The number of alkyl halides is 3. The van der Waals surface area contributed by atoms with Crippen molar-refractivity contribution in [3.05, 3.63) is 69.1 Å². The minimum Gasteiger partial charge on any atom is -0.481 e. The highest BCUT2D eigenvalue weighted by atomic mass is 35.5. The summed E-state index contributed by atoms with van der Waals surface area (Å²) < 4.78 is 67.4. The molecule has 5 rings (SSSR count). The Morgan fingerprint density at radius 1 is 1.13 bits per heavy atom. The van der Waals surface area contributed by atoms with Crippen LogP contribution in [0.5, 0.6) is 5.88 Å². The van der Waals surface area contributed by atoms with Gasteiger partial charge in [-0.1, -0.05) is 11.6 Å². The van der Waals surface area contributed by atoms with Gasteiger partial charge in [-0.15, -0.1) is 0 Å². The fraction of sp³-hybridized carbons (Fsp3) is 0.292. The number of rotatable bonds is 4. The maximum absolute atomic E-state index is 15.0. The fourth-order valence-electron chi connectivity index (χ4n) is 4.17. The highest BCUT2D eigenvalue weighted by Gasteiger charge is 2.37. The molecule has 0 aliphatic carbocycles. The number of hydrogen-bond acceptors (Lipinski definition) is 8. The van der Waals surface area contributed by atoms with E-state index in [1.165, 1.54) is 19.2 Å². The molecule has 4 heterocycles. The zero-order valence-electron chi connectivity index (χ0n) is 20.0. The zero-order chi connectivity index (χ0) is 27.2. The summed E-state index contributed by atoms with van der Waals surface area (Å²) in [5, 5.41) is 0.0773. The number of hydrogen-bond donors (Lipinski definition) is 0. The molecule has 0 spiro atoms. The van der Waals surface area contributed by atoms with E-state index in [1.54, 1.807) is 23.2 Å². The Hall–Kier alpha value is -3.84. The molecule has 3 aromatic heterocycles. The summed E-state index contributed by atoms with van der Waals surface area (Å²) >= 11 is 5.88. The van der Waals surface area contributed by atoms with Crippen molar-refractivity contribution in [1.82, 2.24) is 24.5 Å². The first-order chi connectivity index (χ1) is 18.1. The molecule has 1 aliphatic rings. The van der Waals surface area contributed by atoms with E-state index >= 15 is 0 Å². The molecular weight excluding hydrogens is 532 g/mol. The third kappa shape index (κ3) is 4.74. The number of morpholine rings is 1. The second-order valence-corrected chi connectivity index (χ2v) is 8.86. The van der Waals surface area contributed by atoms with Crippen molar-refractivity contribution >= 4 is 28.6 Å². The van der Waals surface area contributed by atoms with Crippen molar-refractivity contribution < 1.29 is 27.0 Å². The molecule has 9 nitrogen and oxygen atoms in total. The molecule has 0 amide bonds. The van der Waals surface area contributed by atoms with Gasteiger partial charge in [-0.05, 0) is 29.8 Å². The van der Waals surface area contributed by atoms with Gasteiger partial charge in [0.25, 0.3) is 5.56 Å². The number of halogens is 5. The molecule has 38 heavy (non-hydrogen) atoms. The van der Waals surface area contributed by atoms with Gasteiger partial charge in [0, 0.05) is 36.4 Å². The monoisotopic (exact) mass is 550 g/mol. The van der Waals surface area contributed by atoms with Crippen LogP contribution in [0.2, 0.25) is 5.02 Å². The van der Waals surface area contributed by atoms with E-state index in [0.29, 0.717) is 17.0 Å². The second kappa shape index (κ2) is 9.80. The van der Waals surface area contributed by atoms with Crippen molar-refractivity contribution in [1.29, 1.82) is 0 Å². The van der Waals surface area contributed by atoms with Gasteiger partial charge in [0.05, 0.1) is 20.3 Å². The normalized spacial score (nSPS) is 16.2. The molecule has 1 atom stereocenters. The first-order valence-corrected chi connectivity index (χ1v) is 11.6. The van der Waals surface area contributed by atoms with Crippen LogP contribution < -0.4 is 15.2 Å². The topological polar surface area (TPSA) is 95.3 Å². The van der Waals surface area contributed by atoms with E-state index in [2.05, 4.69) is 19.9 Å². The molecule has 1 saturated heterocycles. The minimum atomic E-state index is -4.94. The van der Waals surface area contributed by atoms with Gasteiger partial charge in [-0.3, -0.25) is 9.36 Å². The third-order valence-electron chi connectivity index (χ3n) is 6.04. The number of ether oxygens (including phenoxy) is 2. The van der Waals surface area contributed by atoms with E-state index < -0.39 is 35.0 Å². The predicted molar refractivity (Wildman–Crippen MR) is 130 cm³/mol. The number of methoxy groups -OCH3 is 1. The van der Waals surface area contributed by atoms with Crippen molar-refractivity contribution in [3.63, 3.8) is 0 Å². The van der Waals surface area contributed by atoms with Gasteiger partial charge < -0.3 is 14.4 Å². The quantitative estimate of drug-likeness (QED) is 0.349. The zero-order valence-corrected chi connectivity index (χ0v) is 20.7. The summed E-state index contributed by atoms with van der Waals surface area (Å²) in [6.07, 6.45) is -3.83. The molecule has 0 saturated carbocycles. The van der Waals surface area contributed by atoms with Crippen LogP contribution in [0.3, 0.4) is 0 Å². The van der Waals surface area contributed by atoms with Crippen LogP contribution in [0.4, 0.5) is 23.5 Å². The van der Waals surface area contributed by atoms with Crippen LogP contribution in [0.25, 0.3) is 22.3 Å². The SMILES string of the molecule is COc1cc([C@H]2CN(c3nc(-c4ccc(Cl)cc4F)c4nc(C(F)(F)F)n(C)c(=O)c4n3)CCO2)ccn1. The molecule has 198 valence electrons. The number of nitrogens with zero attached hydrogens (tertiary/aromatic N) is 6. The lowest BCUT2D eigenvalue weighted by Gasteiger charge is -2.33. The van der Waals surface area contributed by atoms with Gasteiger partial charge in [0.2, 0.25) is 17.7 Å². The van der Waals surface area contributed by atoms with E-state index in [9.17, 15) is 22.4 Å². The summed E-state index contributed by atoms with van der Waals surface area (Å²) in [5.74, 6) is -1.90. The standard InChI is InChI=1S/C24H19ClF4N6O3/c1-34-21(36)20-19(31-22(34)24(27,28)29)18(14-4-3-13(25)10-15(14)26)32-23(33-20)35-7-8-38-16(11-35)12-5-6-30-17(9-12)37-2/h3-6,9-10,16H,7-8,11H2,1-2H3/t16-/m1/s1. The lowest BCUT2D eigenvalue weighted by atomic mass is 10.1. The molecular formula is C24H19ClF4N6O3. The number of benzene rings is 1. The molecule has 1 aromatic carbocycles. The van der Waals surface area contributed by atoms with Gasteiger partial charge >= 0.3 is 6.18 Å². The van der Waals surface area contributed by atoms with Crippen molar-refractivity contribution in [3.8, 4) is 17.1 Å². The van der Waals surface area contributed by atoms with E-state index in [0.717, 1.165) is 18.7 Å². The first kappa shape index (κ1) is 25.8. The van der Waals surface area contributed by atoms with Crippen molar-refractivity contribution in [2.24, 2.45) is 7.05 Å². The Morgan fingerprint density at radius 2 is 1.92 bits per heavy atom. The Morgan fingerprint density at radius 3 is 2.63 bits per heavy atom. The molecule has 1 aliphatic heterocycles. The smallest absolute Gasteiger partial charge is 0.449 e. The van der Waals surface area contributed by atoms with E-state index in [-0.39, 0.29) is 40.9 Å². The van der Waals surface area contributed by atoms with Crippen molar-refractivity contribution in [2.75, 3.05) is 31.7 Å². The van der Waals surface area contributed by atoms with E-state index in [4.69, 9.17) is 21.1 Å². The summed E-state index contributed by atoms with van der Waals surface area (Å²) in [6.45, 7) is 0.793. The summed E-state index contributed by atoms with van der Waals surface area (Å²) in [7, 11) is 2.43. The summed E-state index contributed by atoms with van der Waals surface area (Å²) in [4.78, 5) is 31.2. The van der Waals surface area contributed by atoms with Gasteiger partial charge in [-0.2, -0.15) is 13.2 Å². The average molecular weight is 551 g/mol. The first-order valence-electron chi connectivity index (χ1n) is 11.2. The second-order valence-electron chi connectivity index (χ2n) is 8.43. The number of aromatic nitrogens is 5.